The topological polar surface area (TPSA) is 67.9 Å². The number of rotatable bonds is 8. The van der Waals surface area contributed by atoms with Crippen LogP contribution in [0.4, 0.5) is 5.69 Å². The van der Waals surface area contributed by atoms with E-state index in [9.17, 15) is 9.59 Å². The number of amides is 2. The molecular weight excluding hydrogens is 403 g/mol. The van der Waals surface area contributed by atoms with Crippen LogP contribution in [0, 0.1) is 0 Å². The zero-order valence-corrected chi connectivity index (χ0v) is 17.4. The van der Waals surface area contributed by atoms with Gasteiger partial charge >= 0.3 is 0 Å². The molecule has 8 heteroatoms. The van der Waals surface area contributed by atoms with Crippen LogP contribution in [0.15, 0.2) is 36.4 Å². The Morgan fingerprint density at radius 1 is 0.964 bits per heavy atom. The van der Waals surface area contributed by atoms with E-state index in [1.165, 1.54) is 4.90 Å². The van der Waals surface area contributed by atoms with E-state index in [0.717, 1.165) is 0 Å². The van der Waals surface area contributed by atoms with Gasteiger partial charge in [0.1, 0.15) is 0 Å². The summed E-state index contributed by atoms with van der Waals surface area (Å²) >= 11 is 11.8. The first-order valence-corrected chi connectivity index (χ1v) is 9.51. The minimum atomic E-state index is -0.356. The Balaban J connectivity index is 2.05. The fourth-order valence-corrected chi connectivity index (χ4v) is 2.76. The summed E-state index contributed by atoms with van der Waals surface area (Å²) in [5.74, 6) is 0.392. The second-order valence-corrected chi connectivity index (χ2v) is 6.68. The first-order chi connectivity index (χ1) is 13.3. The van der Waals surface area contributed by atoms with Crippen molar-refractivity contribution in [3.05, 3.63) is 52.0 Å². The summed E-state index contributed by atoms with van der Waals surface area (Å²) < 4.78 is 11.0. The van der Waals surface area contributed by atoms with Gasteiger partial charge in [-0.3, -0.25) is 9.59 Å². The molecule has 0 unspecified atom stereocenters. The third-order valence-corrected chi connectivity index (χ3v) is 4.46. The molecule has 28 heavy (non-hydrogen) atoms. The van der Waals surface area contributed by atoms with E-state index in [2.05, 4.69) is 5.32 Å². The molecule has 0 bridgehead atoms. The van der Waals surface area contributed by atoms with E-state index in [0.29, 0.717) is 46.0 Å². The van der Waals surface area contributed by atoms with Crippen molar-refractivity contribution in [3.63, 3.8) is 0 Å². The number of carbonyl (C=O) groups is 2. The molecule has 0 saturated carbocycles. The zero-order valence-electron chi connectivity index (χ0n) is 15.9. The largest absolute Gasteiger partial charge is 0.490 e. The number of anilines is 1. The molecule has 0 fully saturated rings. The fraction of sp³-hybridized carbons (Fsp3) is 0.300. The number of hydrogen-bond donors (Lipinski definition) is 1. The average Bonchev–Trinajstić information content (AvgIpc) is 2.65. The lowest BCUT2D eigenvalue weighted by atomic mass is 10.1. The van der Waals surface area contributed by atoms with Gasteiger partial charge in [0.05, 0.1) is 29.8 Å². The molecule has 0 aliphatic rings. The van der Waals surface area contributed by atoms with Gasteiger partial charge in [0.15, 0.2) is 11.5 Å². The molecule has 0 radical (unpaired) electrons. The molecule has 0 atom stereocenters. The van der Waals surface area contributed by atoms with Gasteiger partial charge in [0, 0.05) is 18.3 Å². The average molecular weight is 425 g/mol. The van der Waals surface area contributed by atoms with Crippen molar-refractivity contribution in [2.24, 2.45) is 0 Å². The van der Waals surface area contributed by atoms with Gasteiger partial charge in [0.25, 0.3) is 5.91 Å². The van der Waals surface area contributed by atoms with Crippen molar-refractivity contribution in [2.45, 2.75) is 13.8 Å². The molecule has 150 valence electrons. The van der Waals surface area contributed by atoms with Crippen molar-refractivity contribution >= 4 is 40.7 Å². The highest BCUT2D eigenvalue weighted by molar-refractivity contribution is 6.42. The summed E-state index contributed by atoms with van der Waals surface area (Å²) in [6.07, 6.45) is 0. The van der Waals surface area contributed by atoms with Gasteiger partial charge in [0.2, 0.25) is 5.91 Å². The summed E-state index contributed by atoms with van der Waals surface area (Å²) in [6, 6.07) is 9.71. The van der Waals surface area contributed by atoms with E-state index >= 15 is 0 Å². The molecule has 6 nitrogen and oxygen atoms in total. The predicted molar refractivity (Wildman–Crippen MR) is 111 cm³/mol. The lowest BCUT2D eigenvalue weighted by molar-refractivity contribution is -0.116. The highest BCUT2D eigenvalue weighted by atomic mass is 35.5. The zero-order chi connectivity index (χ0) is 20.7. The van der Waals surface area contributed by atoms with E-state index in [1.54, 1.807) is 43.4 Å². The smallest absolute Gasteiger partial charge is 0.254 e. The van der Waals surface area contributed by atoms with Crippen molar-refractivity contribution in [2.75, 3.05) is 32.1 Å². The fourth-order valence-electron chi connectivity index (χ4n) is 2.47. The monoisotopic (exact) mass is 424 g/mol. The molecular formula is C20H22Cl2N2O4. The Morgan fingerprint density at radius 2 is 1.64 bits per heavy atom. The van der Waals surface area contributed by atoms with Crippen LogP contribution in [0.3, 0.4) is 0 Å². The molecule has 0 saturated heterocycles. The van der Waals surface area contributed by atoms with Crippen molar-refractivity contribution in [1.82, 2.24) is 4.90 Å². The molecule has 0 aliphatic heterocycles. The Bertz CT molecular complexity index is 858. The van der Waals surface area contributed by atoms with Crippen molar-refractivity contribution in [1.29, 1.82) is 0 Å². The standard InChI is InChI=1S/C20H22Cl2N2O4/c1-4-27-17-9-6-13(10-18(17)28-5-2)20(26)24(3)12-19(25)23-14-7-8-15(21)16(22)11-14/h6-11H,4-5,12H2,1-3H3,(H,23,25). The van der Waals surface area contributed by atoms with Crippen LogP contribution in [-0.4, -0.2) is 43.5 Å². The summed E-state index contributed by atoms with van der Waals surface area (Å²) in [5.41, 5.74) is 0.900. The van der Waals surface area contributed by atoms with Crippen LogP contribution in [0.25, 0.3) is 0 Å². The second-order valence-electron chi connectivity index (χ2n) is 5.87. The van der Waals surface area contributed by atoms with Crippen molar-refractivity contribution in [3.8, 4) is 11.5 Å². The second kappa shape index (κ2) is 10.2. The minimum absolute atomic E-state index is 0.129. The van der Waals surface area contributed by atoms with Gasteiger partial charge in [-0.1, -0.05) is 23.2 Å². The normalized spacial score (nSPS) is 10.3. The lowest BCUT2D eigenvalue weighted by Crippen LogP contribution is -2.34. The summed E-state index contributed by atoms with van der Waals surface area (Å²) in [7, 11) is 1.55. The van der Waals surface area contributed by atoms with Crippen LogP contribution >= 0.6 is 23.2 Å². The Labute approximate surface area is 174 Å². The number of carbonyl (C=O) groups excluding carboxylic acids is 2. The third kappa shape index (κ3) is 5.78. The first kappa shape index (κ1) is 21.9. The van der Waals surface area contributed by atoms with Crippen LogP contribution in [0.5, 0.6) is 11.5 Å². The predicted octanol–water partition coefficient (Wildman–Crippen LogP) is 4.50. The Kier molecular flexibility index (Phi) is 7.96. The van der Waals surface area contributed by atoms with E-state index in [1.807, 2.05) is 13.8 Å². The molecule has 0 aromatic heterocycles. The van der Waals surface area contributed by atoms with Gasteiger partial charge in [-0.05, 0) is 50.2 Å². The van der Waals surface area contributed by atoms with E-state index < -0.39 is 0 Å². The van der Waals surface area contributed by atoms with Gasteiger partial charge in [-0.25, -0.2) is 0 Å². The summed E-state index contributed by atoms with van der Waals surface area (Å²) in [6.45, 7) is 4.52. The highest BCUT2D eigenvalue weighted by Crippen LogP contribution is 2.29. The van der Waals surface area contributed by atoms with Gasteiger partial charge < -0.3 is 19.7 Å². The Hall–Kier alpha value is -2.44. The van der Waals surface area contributed by atoms with Crippen LogP contribution in [-0.2, 0) is 4.79 Å². The number of likely N-dealkylation sites (N-methyl/N-ethyl adjacent to an activating group) is 1. The molecule has 2 aromatic carbocycles. The number of nitrogens with zero attached hydrogens (tertiary/aromatic N) is 1. The molecule has 2 amide bonds. The van der Waals surface area contributed by atoms with Crippen LogP contribution in [0.1, 0.15) is 24.2 Å². The molecule has 2 rings (SSSR count). The lowest BCUT2D eigenvalue weighted by Gasteiger charge is -2.18. The highest BCUT2D eigenvalue weighted by Gasteiger charge is 2.17. The quantitative estimate of drug-likeness (QED) is 0.676. The van der Waals surface area contributed by atoms with E-state index in [-0.39, 0.29) is 18.4 Å². The number of benzene rings is 2. The van der Waals surface area contributed by atoms with Gasteiger partial charge in [-0.15, -0.1) is 0 Å². The van der Waals surface area contributed by atoms with Crippen LogP contribution in [0.2, 0.25) is 10.0 Å². The maximum absolute atomic E-state index is 12.7. The molecule has 2 aromatic rings. The maximum atomic E-state index is 12.7. The maximum Gasteiger partial charge on any atom is 0.254 e. The molecule has 0 spiro atoms. The summed E-state index contributed by atoms with van der Waals surface area (Å²) in [4.78, 5) is 26.2. The van der Waals surface area contributed by atoms with Crippen LogP contribution < -0.4 is 14.8 Å². The minimum Gasteiger partial charge on any atom is -0.490 e. The SMILES string of the molecule is CCOc1ccc(C(=O)N(C)CC(=O)Nc2ccc(Cl)c(Cl)c2)cc1OCC. The molecule has 0 aliphatic carbocycles. The Morgan fingerprint density at radius 3 is 2.29 bits per heavy atom. The van der Waals surface area contributed by atoms with E-state index in [4.69, 9.17) is 32.7 Å². The number of ether oxygens (including phenoxy) is 2. The number of hydrogen-bond acceptors (Lipinski definition) is 4. The molecule has 0 heterocycles. The number of halogens is 2. The summed E-state index contributed by atoms with van der Waals surface area (Å²) in [5, 5.41) is 3.41. The molecule has 1 N–H and O–H groups in total. The first-order valence-electron chi connectivity index (χ1n) is 8.75. The van der Waals surface area contributed by atoms with Gasteiger partial charge in [-0.2, -0.15) is 0 Å². The third-order valence-electron chi connectivity index (χ3n) is 3.72. The number of nitrogens with one attached hydrogen (secondary N) is 1. The van der Waals surface area contributed by atoms with Crippen molar-refractivity contribution < 1.29 is 19.1 Å².